The summed E-state index contributed by atoms with van der Waals surface area (Å²) in [5.74, 6) is 0.616. The van der Waals surface area contributed by atoms with Gasteiger partial charge in [0, 0.05) is 18.2 Å². The number of H-pyrrole nitrogens is 1. The van der Waals surface area contributed by atoms with Crippen molar-refractivity contribution in [3.63, 3.8) is 0 Å². The van der Waals surface area contributed by atoms with Crippen molar-refractivity contribution >= 4 is 0 Å². The first kappa shape index (κ1) is 11.2. The van der Waals surface area contributed by atoms with Gasteiger partial charge in [0.25, 0.3) is 0 Å². The molecule has 0 aromatic carbocycles. The Morgan fingerprint density at radius 1 is 1.59 bits per heavy atom. The van der Waals surface area contributed by atoms with E-state index in [1.165, 1.54) is 24.8 Å². The van der Waals surface area contributed by atoms with E-state index in [-0.39, 0.29) is 11.7 Å². The molecule has 1 aromatic rings. The zero-order valence-electron chi connectivity index (χ0n) is 10.3. The van der Waals surface area contributed by atoms with Gasteiger partial charge in [-0.1, -0.05) is 6.92 Å². The van der Waals surface area contributed by atoms with Gasteiger partial charge in [0.2, 0.25) is 0 Å². The Bertz CT molecular complexity index is 360. The van der Waals surface area contributed by atoms with Crippen LogP contribution in [0.1, 0.15) is 38.2 Å². The molecule has 0 spiro atoms. The molecule has 2 heterocycles. The first-order chi connectivity index (χ1) is 8.29. The summed E-state index contributed by atoms with van der Waals surface area (Å²) in [5.41, 5.74) is 1.57. The van der Waals surface area contributed by atoms with Crippen LogP contribution >= 0.6 is 0 Å². The fourth-order valence-corrected chi connectivity index (χ4v) is 2.68. The number of aromatic amines is 1. The second-order valence-electron chi connectivity index (χ2n) is 5.43. The Balaban J connectivity index is 1.48. The third kappa shape index (κ3) is 2.24. The monoisotopic (exact) mass is 236 g/mol. The quantitative estimate of drug-likeness (QED) is 0.872. The normalized spacial score (nSPS) is 37.0. The lowest BCUT2D eigenvalue weighted by Crippen LogP contribution is -2.24. The minimum atomic E-state index is 0.0398. The highest BCUT2D eigenvalue weighted by molar-refractivity contribution is 5.28. The van der Waals surface area contributed by atoms with Crippen molar-refractivity contribution in [3.05, 3.63) is 18.0 Å². The summed E-state index contributed by atoms with van der Waals surface area (Å²) in [7, 11) is 0. The van der Waals surface area contributed by atoms with Gasteiger partial charge in [-0.2, -0.15) is 5.10 Å². The molecule has 1 N–H and O–H groups in total. The fourth-order valence-electron chi connectivity index (χ4n) is 2.68. The number of nitrogens with zero attached hydrogens (tertiary/aromatic N) is 1. The molecule has 4 nitrogen and oxygen atoms in total. The maximum atomic E-state index is 5.85. The van der Waals surface area contributed by atoms with Gasteiger partial charge in [-0.25, -0.2) is 0 Å². The molecule has 1 aromatic heterocycles. The van der Waals surface area contributed by atoms with Crippen molar-refractivity contribution < 1.29 is 9.47 Å². The van der Waals surface area contributed by atoms with Gasteiger partial charge < -0.3 is 9.47 Å². The zero-order chi connectivity index (χ0) is 11.7. The van der Waals surface area contributed by atoms with Crippen LogP contribution in [0.3, 0.4) is 0 Å². The van der Waals surface area contributed by atoms with Crippen molar-refractivity contribution in [1.29, 1.82) is 0 Å². The number of ether oxygens (including phenoxy) is 2. The molecule has 94 valence electrons. The molecule has 3 atom stereocenters. The van der Waals surface area contributed by atoms with Crippen molar-refractivity contribution in [3.8, 4) is 0 Å². The molecular formula is C13H20N2O2. The molecule has 0 radical (unpaired) electrons. The van der Waals surface area contributed by atoms with E-state index in [9.17, 15) is 0 Å². The maximum absolute atomic E-state index is 5.85. The highest BCUT2D eigenvalue weighted by Crippen LogP contribution is 2.53. The number of hydrogen-bond donors (Lipinski definition) is 1. The Morgan fingerprint density at radius 3 is 3.24 bits per heavy atom. The predicted octanol–water partition coefficient (Wildman–Crippen LogP) is 2.23. The molecule has 3 rings (SSSR count). The number of rotatable bonds is 4. The molecule has 1 saturated heterocycles. The summed E-state index contributed by atoms with van der Waals surface area (Å²) in [6, 6.07) is 0. The summed E-state index contributed by atoms with van der Waals surface area (Å²) in [4.78, 5) is 0. The van der Waals surface area contributed by atoms with Gasteiger partial charge in [-0.15, -0.1) is 0 Å². The van der Waals surface area contributed by atoms with Crippen LogP contribution in [-0.2, 0) is 14.9 Å². The van der Waals surface area contributed by atoms with Gasteiger partial charge in [-0.05, 0) is 37.2 Å². The van der Waals surface area contributed by atoms with E-state index in [0.29, 0.717) is 5.92 Å². The van der Waals surface area contributed by atoms with Crippen molar-refractivity contribution in [2.45, 2.75) is 44.3 Å². The summed E-state index contributed by atoms with van der Waals surface area (Å²) < 4.78 is 11.4. The van der Waals surface area contributed by atoms with Crippen LogP contribution in [0.2, 0.25) is 0 Å². The van der Waals surface area contributed by atoms with Crippen molar-refractivity contribution in [2.75, 3.05) is 13.2 Å². The summed E-state index contributed by atoms with van der Waals surface area (Å²) >= 11 is 0. The van der Waals surface area contributed by atoms with Crippen LogP contribution in [-0.4, -0.2) is 29.7 Å². The zero-order valence-corrected chi connectivity index (χ0v) is 10.3. The van der Waals surface area contributed by atoms with Gasteiger partial charge in [0.1, 0.15) is 0 Å². The Labute approximate surface area is 102 Å². The number of hydrogen-bond acceptors (Lipinski definition) is 3. The third-order valence-electron chi connectivity index (χ3n) is 4.19. The second kappa shape index (κ2) is 4.42. The highest BCUT2D eigenvalue weighted by atomic mass is 16.7. The fraction of sp³-hybridized carbons (Fsp3) is 0.769. The van der Waals surface area contributed by atoms with Crippen LogP contribution < -0.4 is 0 Å². The Morgan fingerprint density at radius 2 is 2.53 bits per heavy atom. The lowest BCUT2D eigenvalue weighted by molar-refractivity contribution is -0.165. The minimum Gasteiger partial charge on any atom is -0.353 e. The van der Waals surface area contributed by atoms with E-state index >= 15 is 0 Å². The maximum Gasteiger partial charge on any atom is 0.157 e. The van der Waals surface area contributed by atoms with E-state index < -0.39 is 0 Å². The topological polar surface area (TPSA) is 47.1 Å². The summed E-state index contributed by atoms with van der Waals surface area (Å²) in [6.07, 6.45) is 8.62. The Hall–Kier alpha value is -0.870. The van der Waals surface area contributed by atoms with Crippen LogP contribution in [0.25, 0.3) is 0 Å². The molecule has 1 aliphatic heterocycles. The van der Waals surface area contributed by atoms with Gasteiger partial charge in [0.05, 0.1) is 12.8 Å². The molecule has 1 saturated carbocycles. The SMILES string of the molecule is CC1(c2cn[nH]c2)CC1COC1CCCCO1. The van der Waals surface area contributed by atoms with Crippen LogP contribution in [0.5, 0.6) is 0 Å². The number of aromatic nitrogens is 2. The summed E-state index contributed by atoms with van der Waals surface area (Å²) in [5, 5.41) is 6.91. The molecule has 0 bridgehead atoms. The first-order valence-electron chi connectivity index (χ1n) is 6.51. The standard InChI is InChI=1S/C13H20N2O2/c1-13(11-7-14-15-8-11)6-10(13)9-17-12-4-2-3-5-16-12/h7-8,10,12H,2-6,9H2,1H3,(H,14,15). The third-order valence-corrected chi connectivity index (χ3v) is 4.19. The first-order valence-corrected chi connectivity index (χ1v) is 6.51. The van der Waals surface area contributed by atoms with E-state index in [1.807, 2.05) is 12.4 Å². The molecule has 4 heteroatoms. The van der Waals surface area contributed by atoms with Crippen molar-refractivity contribution in [2.24, 2.45) is 5.92 Å². The van der Waals surface area contributed by atoms with E-state index in [1.54, 1.807) is 0 Å². The molecule has 3 unspecified atom stereocenters. The van der Waals surface area contributed by atoms with Crippen molar-refractivity contribution in [1.82, 2.24) is 10.2 Å². The smallest absolute Gasteiger partial charge is 0.157 e. The second-order valence-corrected chi connectivity index (χ2v) is 5.43. The van der Waals surface area contributed by atoms with Crippen LogP contribution in [0, 0.1) is 5.92 Å². The lowest BCUT2D eigenvalue weighted by atomic mass is 9.99. The Kier molecular flexibility index (Phi) is 2.92. The summed E-state index contributed by atoms with van der Waals surface area (Å²) in [6.45, 7) is 3.95. The molecule has 1 aliphatic carbocycles. The minimum absolute atomic E-state index is 0.0398. The van der Waals surface area contributed by atoms with E-state index in [0.717, 1.165) is 19.6 Å². The molecule has 2 aliphatic rings. The largest absolute Gasteiger partial charge is 0.353 e. The average Bonchev–Trinajstić information content (AvgIpc) is 2.83. The lowest BCUT2D eigenvalue weighted by Gasteiger charge is -2.23. The molecule has 2 fully saturated rings. The van der Waals surface area contributed by atoms with E-state index in [2.05, 4.69) is 17.1 Å². The number of nitrogens with one attached hydrogen (secondary N) is 1. The van der Waals surface area contributed by atoms with Gasteiger partial charge in [-0.3, -0.25) is 5.10 Å². The van der Waals surface area contributed by atoms with Crippen LogP contribution in [0.4, 0.5) is 0 Å². The molecule has 0 amide bonds. The molecular weight excluding hydrogens is 216 g/mol. The average molecular weight is 236 g/mol. The van der Waals surface area contributed by atoms with Gasteiger partial charge in [0.15, 0.2) is 6.29 Å². The molecule has 17 heavy (non-hydrogen) atoms. The van der Waals surface area contributed by atoms with E-state index in [4.69, 9.17) is 9.47 Å². The van der Waals surface area contributed by atoms with Gasteiger partial charge >= 0.3 is 0 Å². The highest BCUT2D eigenvalue weighted by Gasteiger charge is 2.51. The van der Waals surface area contributed by atoms with Crippen LogP contribution in [0.15, 0.2) is 12.4 Å². The predicted molar refractivity (Wildman–Crippen MR) is 63.6 cm³/mol.